The third-order valence-corrected chi connectivity index (χ3v) is 4.55. The predicted molar refractivity (Wildman–Crippen MR) is 83.8 cm³/mol. The minimum absolute atomic E-state index is 0.118. The summed E-state index contributed by atoms with van der Waals surface area (Å²) in [6.07, 6.45) is 0. The first kappa shape index (κ1) is 17.0. The number of sulfonamides is 1. The van der Waals surface area contributed by atoms with Crippen molar-refractivity contribution in [2.75, 3.05) is 5.32 Å². The molecule has 6 nitrogen and oxygen atoms in total. The van der Waals surface area contributed by atoms with Gasteiger partial charge in [0.1, 0.15) is 11.6 Å². The Bertz CT molecular complexity index is 807. The molecule has 0 saturated heterocycles. The maximum atomic E-state index is 12.9. The van der Waals surface area contributed by atoms with Crippen LogP contribution in [-0.2, 0) is 14.8 Å². The predicted octanol–water partition coefficient (Wildman–Crippen LogP) is 1.83. The molecule has 8 heteroatoms. The molecule has 0 aliphatic heterocycles. The van der Waals surface area contributed by atoms with Gasteiger partial charge in [-0.25, -0.2) is 17.8 Å². The summed E-state index contributed by atoms with van der Waals surface area (Å²) in [7, 11) is -3.92. The molecule has 2 rings (SSSR count). The lowest BCUT2D eigenvalue weighted by molar-refractivity contribution is -0.117. The number of pyridine rings is 1. The highest BCUT2D eigenvalue weighted by molar-refractivity contribution is 7.89. The van der Waals surface area contributed by atoms with Gasteiger partial charge in [-0.1, -0.05) is 6.07 Å². The van der Waals surface area contributed by atoms with Gasteiger partial charge in [0.2, 0.25) is 15.9 Å². The van der Waals surface area contributed by atoms with Crippen LogP contribution in [0.3, 0.4) is 0 Å². The topological polar surface area (TPSA) is 88.2 Å². The molecule has 1 aromatic heterocycles. The van der Waals surface area contributed by atoms with E-state index in [1.807, 2.05) is 0 Å². The first-order valence-electron chi connectivity index (χ1n) is 6.80. The Morgan fingerprint density at radius 2 is 1.83 bits per heavy atom. The van der Waals surface area contributed by atoms with Crippen LogP contribution < -0.4 is 10.0 Å². The summed E-state index contributed by atoms with van der Waals surface area (Å²) in [5, 5.41) is 2.53. The first-order chi connectivity index (χ1) is 10.8. The second-order valence-electron chi connectivity index (χ2n) is 4.95. The molecule has 0 aliphatic rings. The Morgan fingerprint density at radius 3 is 2.43 bits per heavy atom. The molecule has 1 amide bonds. The summed E-state index contributed by atoms with van der Waals surface area (Å²) < 4.78 is 39.4. The van der Waals surface area contributed by atoms with E-state index in [4.69, 9.17) is 0 Å². The van der Waals surface area contributed by atoms with Gasteiger partial charge in [0, 0.05) is 5.69 Å². The molecule has 0 unspecified atom stereocenters. The van der Waals surface area contributed by atoms with E-state index in [1.54, 1.807) is 25.1 Å². The first-order valence-corrected chi connectivity index (χ1v) is 8.29. The van der Waals surface area contributed by atoms with E-state index in [0.29, 0.717) is 5.82 Å². The molecule has 0 spiro atoms. The van der Waals surface area contributed by atoms with Crippen molar-refractivity contribution in [1.82, 2.24) is 9.71 Å². The van der Waals surface area contributed by atoms with E-state index in [1.165, 1.54) is 6.92 Å². The summed E-state index contributed by atoms with van der Waals surface area (Å²) in [6.45, 7) is 3.18. The van der Waals surface area contributed by atoms with Crippen LogP contribution in [0.5, 0.6) is 0 Å². The molecule has 0 radical (unpaired) electrons. The van der Waals surface area contributed by atoms with Crippen molar-refractivity contribution >= 4 is 21.7 Å². The zero-order valence-electron chi connectivity index (χ0n) is 12.6. The fourth-order valence-electron chi connectivity index (χ4n) is 1.82. The van der Waals surface area contributed by atoms with Gasteiger partial charge in [-0.2, -0.15) is 4.72 Å². The second kappa shape index (κ2) is 6.84. The molecule has 0 aliphatic carbocycles. The van der Waals surface area contributed by atoms with E-state index >= 15 is 0 Å². The van der Waals surface area contributed by atoms with Crippen molar-refractivity contribution in [3.8, 4) is 0 Å². The number of hydrogen-bond acceptors (Lipinski definition) is 4. The van der Waals surface area contributed by atoms with E-state index < -0.39 is 27.8 Å². The van der Waals surface area contributed by atoms with E-state index in [2.05, 4.69) is 15.0 Å². The van der Waals surface area contributed by atoms with Crippen LogP contribution in [-0.4, -0.2) is 25.4 Å². The Labute approximate surface area is 133 Å². The van der Waals surface area contributed by atoms with Crippen LogP contribution in [0, 0.1) is 12.7 Å². The average molecular weight is 337 g/mol. The van der Waals surface area contributed by atoms with Gasteiger partial charge in [0.05, 0.1) is 10.9 Å². The van der Waals surface area contributed by atoms with Gasteiger partial charge in [-0.05, 0) is 50.2 Å². The summed E-state index contributed by atoms with van der Waals surface area (Å²) in [5.41, 5.74) is 0.724. The number of nitrogens with zero attached hydrogens (tertiary/aromatic N) is 1. The third-order valence-electron chi connectivity index (χ3n) is 2.99. The minimum atomic E-state index is -3.92. The van der Waals surface area contributed by atoms with Crippen LogP contribution in [0.4, 0.5) is 10.2 Å². The van der Waals surface area contributed by atoms with Crippen molar-refractivity contribution in [3.05, 3.63) is 54.0 Å². The number of aryl methyl sites for hydroxylation is 1. The van der Waals surface area contributed by atoms with Crippen LogP contribution in [0.2, 0.25) is 0 Å². The monoisotopic (exact) mass is 337 g/mol. The number of carbonyl (C=O) groups is 1. The highest BCUT2D eigenvalue weighted by Gasteiger charge is 2.22. The largest absolute Gasteiger partial charge is 0.309 e. The van der Waals surface area contributed by atoms with Crippen molar-refractivity contribution in [3.63, 3.8) is 0 Å². The van der Waals surface area contributed by atoms with Crippen molar-refractivity contribution in [1.29, 1.82) is 0 Å². The third kappa shape index (κ3) is 4.57. The van der Waals surface area contributed by atoms with Gasteiger partial charge in [0.25, 0.3) is 0 Å². The summed E-state index contributed by atoms with van der Waals surface area (Å²) in [5.74, 6) is -0.753. The molecule has 1 aromatic carbocycles. The standard InChI is InChI=1S/C15H16FN3O3S/c1-10-4-3-5-14(17-10)18-15(20)11(2)19-23(21,22)13-8-6-12(16)7-9-13/h3-9,11,19H,1-2H3,(H,17,18,20)/t11-/m1/s1. The van der Waals surface area contributed by atoms with Gasteiger partial charge < -0.3 is 5.32 Å². The normalized spacial score (nSPS) is 12.7. The Balaban J connectivity index is 2.06. The molecular formula is C15H16FN3O3S. The van der Waals surface area contributed by atoms with Crippen molar-refractivity contribution < 1.29 is 17.6 Å². The van der Waals surface area contributed by atoms with Gasteiger partial charge >= 0.3 is 0 Å². The van der Waals surface area contributed by atoms with Gasteiger partial charge in [-0.15, -0.1) is 0 Å². The number of benzene rings is 1. The molecule has 1 atom stereocenters. The second-order valence-corrected chi connectivity index (χ2v) is 6.66. The lowest BCUT2D eigenvalue weighted by Crippen LogP contribution is -2.41. The number of halogens is 1. The van der Waals surface area contributed by atoms with Gasteiger partial charge in [-0.3, -0.25) is 4.79 Å². The number of rotatable bonds is 5. The Kier molecular flexibility index (Phi) is 5.07. The lowest BCUT2D eigenvalue weighted by Gasteiger charge is -2.14. The fourth-order valence-corrected chi connectivity index (χ4v) is 3.02. The van der Waals surface area contributed by atoms with Crippen molar-refractivity contribution in [2.24, 2.45) is 0 Å². The number of hydrogen-bond donors (Lipinski definition) is 2. The van der Waals surface area contributed by atoms with Crippen molar-refractivity contribution in [2.45, 2.75) is 24.8 Å². The molecule has 122 valence electrons. The maximum absolute atomic E-state index is 12.9. The number of anilines is 1. The quantitative estimate of drug-likeness (QED) is 0.871. The van der Waals surface area contributed by atoms with Crippen LogP contribution in [0.25, 0.3) is 0 Å². The number of amides is 1. The zero-order chi connectivity index (χ0) is 17.0. The van der Waals surface area contributed by atoms with E-state index in [-0.39, 0.29) is 4.90 Å². The molecular weight excluding hydrogens is 321 g/mol. The Morgan fingerprint density at radius 1 is 1.17 bits per heavy atom. The van der Waals surface area contributed by atoms with Crippen LogP contribution in [0.15, 0.2) is 47.4 Å². The molecule has 0 fully saturated rings. The highest BCUT2D eigenvalue weighted by atomic mass is 32.2. The smallest absolute Gasteiger partial charge is 0.243 e. The Hall–Kier alpha value is -2.32. The van der Waals surface area contributed by atoms with E-state index in [0.717, 1.165) is 30.0 Å². The van der Waals surface area contributed by atoms with E-state index in [9.17, 15) is 17.6 Å². The summed E-state index contributed by atoms with van der Waals surface area (Å²) in [6, 6.07) is 8.42. The minimum Gasteiger partial charge on any atom is -0.309 e. The van der Waals surface area contributed by atoms with Crippen LogP contribution in [0.1, 0.15) is 12.6 Å². The zero-order valence-corrected chi connectivity index (χ0v) is 13.4. The maximum Gasteiger partial charge on any atom is 0.243 e. The number of aromatic nitrogens is 1. The molecule has 1 heterocycles. The number of carbonyl (C=O) groups excluding carboxylic acids is 1. The molecule has 2 aromatic rings. The summed E-state index contributed by atoms with van der Waals surface area (Å²) >= 11 is 0. The molecule has 2 N–H and O–H groups in total. The summed E-state index contributed by atoms with van der Waals surface area (Å²) in [4.78, 5) is 16.0. The number of nitrogens with one attached hydrogen (secondary N) is 2. The lowest BCUT2D eigenvalue weighted by atomic mass is 10.3. The molecule has 0 bridgehead atoms. The fraction of sp³-hybridized carbons (Fsp3) is 0.200. The molecule has 0 saturated carbocycles. The van der Waals surface area contributed by atoms with Crippen LogP contribution >= 0.6 is 0 Å². The highest BCUT2D eigenvalue weighted by Crippen LogP contribution is 2.11. The average Bonchev–Trinajstić information content (AvgIpc) is 2.47. The van der Waals surface area contributed by atoms with Gasteiger partial charge in [0.15, 0.2) is 0 Å². The molecule has 23 heavy (non-hydrogen) atoms. The SMILES string of the molecule is Cc1cccc(NC(=O)[C@@H](C)NS(=O)(=O)c2ccc(F)cc2)n1.